The first kappa shape index (κ1) is 14.3. The summed E-state index contributed by atoms with van der Waals surface area (Å²) in [7, 11) is 0. The van der Waals surface area contributed by atoms with Gasteiger partial charge in [0, 0.05) is 5.02 Å². The number of hydrogen-bond acceptors (Lipinski definition) is 1. The molecule has 0 bridgehead atoms. The molecule has 0 saturated heterocycles. The van der Waals surface area contributed by atoms with Crippen LogP contribution >= 0.6 is 11.6 Å². The Kier molecular flexibility index (Phi) is 4.46. The van der Waals surface area contributed by atoms with Crippen molar-refractivity contribution in [1.82, 2.24) is 0 Å². The van der Waals surface area contributed by atoms with Crippen LogP contribution in [0.15, 0.2) is 18.2 Å². The molecule has 4 heteroatoms. The Morgan fingerprint density at radius 2 is 2.21 bits per heavy atom. The fraction of sp³-hybridized carbons (Fsp3) is 0.533. The predicted molar refractivity (Wildman–Crippen MR) is 72.7 cm³/mol. The van der Waals surface area contributed by atoms with Gasteiger partial charge in [0.15, 0.2) is 0 Å². The van der Waals surface area contributed by atoms with E-state index in [-0.39, 0.29) is 17.7 Å². The van der Waals surface area contributed by atoms with Gasteiger partial charge in [-0.15, -0.1) is 0 Å². The van der Waals surface area contributed by atoms with Gasteiger partial charge in [-0.1, -0.05) is 24.6 Å². The SMILES string of the molecule is CC1CCC(C(=O)O)C(Cc2ccc(F)cc2Cl)C1. The largest absolute Gasteiger partial charge is 0.481 e. The first-order chi connectivity index (χ1) is 8.97. The van der Waals surface area contributed by atoms with Crippen LogP contribution < -0.4 is 0 Å². The van der Waals surface area contributed by atoms with Crippen LogP contribution in [0, 0.1) is 23.6 Å². The number of hydrogen-bond donors (Lipinski definition) is 1. The second-order valence-electron chi connectivity index (χ2n) is 5.56. The van der Waals surface area contributed by atoms with Crippen LogP contribution in [0.5, 0.6) is 0 Å². The molecule has 1 N–H and O–H groups in total. The highest BCUT2D eigenvalue weighted by atomic mass is 35.5. The van der Waals surface area contributed by atoms with Crippen LogP contribution in [0.3, 0.4) is 0 Å². The van der Waals surface area contributed by atoms with Crippen molar-refractivity contribution < 1.29 is 14.3 Å². The van der Waals surface area contributed by atoms with E-state index in [1.54, 1.807) is 6.07 Å². The van der Waals surface area contributed by atoms with Crippen LogP contribution in [0.2, 0.25) is 5.02 Å². The first-order valence-electron chi connectivity index (χ1n) is 6.64. The molecule has 0 radical (unpaired) electrons. The number of halogens is 2. The van der Waals surface area contributed by atoms with Crippen molar-refractivity contribution in [3.05, 3.63) is 34.6 Å². The van der Waals surface area contributed by atoms with Gasteiger partial charge in [-0.3, -0.25) is 4.79 Å². The third kappa shape index (κ3) is 3.47. The molecule has 2 nitrogen and oxygen atoms in total. The molecule has 0 amide bonds. The van der Waals surface area contributed by atoms with Crippen molar-refractivity contribution in [3.63, 3.8) is 0 Å². The van der Waals surface area contributed by atoms with Gasteiger partial charge in [0.25, 0.3) is 0 Å². The number of benzene rings is 1. The maximum absolute atomic E-state index is 13.0. The Bertz CT molecular complexity index is 475. The number of carboxylic acid groups (broad SMARTS) is 1. The fourth-order valence-electron chi connectivity index (χ4n) is 3.02. The lowest BCUT2D eigenvalue weighted by Crippen LogP contribution is -2.31. The molecule has 3 unspecified atom stereocenters. The summed E-state index contributed by atoms with van der Waals surface area (Å²) in [6.07, 6.45) is 3.19. The van der Waals surface area contributed by atoms with E-state index < -0.39 is 5.97 Å². The second kappa shape index (κ2) is 5.91. The van der Waals surface area contributed by atoms with Gasteiger partial charge in [-0.05, 0) is 55.2 Å². The third-order valence-electron chi connectivity index (χ3n) is 4.06. The molecular formula is C15H18ClFO2. The van der Waals surface area contributed by atoms with E-state index in [0.29, 0.717) is 17.4 Å². The lowest BCUT2D eigenvalue weighted by Gasteiger charge is -2.32. The lowest BCUT2D eigenvalue weighted by molar-refractivity contribution is -0.145. The molecule has 1 aromatic rings. The molecule has 0 heterocycles. The molecule has 3 atom stereocenters. The minimum absolute atomic E-state index is 0.0872. The van der Waals surface area contributed by atoms with Crippen molar-refractivity contribution in [2.75, 3.05) is 0 Å². The molecule has 0 aliphatic heterocycles. The normalized spacial score (nSPS) is 27.2. The van der Waals surface area contributed by atoms with E-state index in [0.717, 1.165) is 24.8 Å². The van der Waals surface area contributed by atoms with E-state index in [1.807, 2.05) is 0 Å². The Labute approximate surface area is 117 Å². The number of carboxylic acids is 1. The van der Waals surface area contributed by atoms with Crippen molar-refractivity contribution in [2.45, 2.75) is 32.6 Å². The molecule has 1 aromatic carbocycles. The zero-order chi connectivity index (χ0) is 14.0. The Morgan fingerprint density at radius 1 is 1.47 bits per heavy atom. The maximum atomic E-state index is 13.0. The lowest BCUT2D eigenvalue weighted by atomic mass is 9.72. The van der Waals surface area contributed by atoms with E-state index in [4.69, 9.17) is 11.6 Å². The highest BCUT2D eigenvalue weighted by Crippen LogP contribution is 2.37. The monoisotopic (exact) mass is 284 g/mol. The number of rotatable bonds is 3. The minimum Gasteiger partial charge on any atom is -0.481 e. The van der Waals surface area contributed by atoms with Gasteiger partial charge in [0.05, 0.1) is 5.92 Å². The molecule has 1 aliphatic rings. The molecule has 0 aromatic heterocycles. The maximum Gasteiger partial charge on any atom is 0.306 e. The van der Waals surface area contributed by atoms with Gasteiger partial charge in [-0.2, -0.15) is 0 Å². The summed E-state index contributed by atoms with van der Waals surface area (Å²) in [6.45, 7) is 2.15. The van der Waals surface area contributed by atoms with Crippen LogP contribution in [0.4, 0.5) is 4.39 Å². The molecule has 0 spiro atoms. The average molecular weight is 285 g/mol. The van der Waals surface area contributed by atoms with Gasteiger partial charge in [-0.25, -0.2) is 4.39 Å². The third-order valence-corrected chi connectivity index (χ3v) is 4.41. The zero-order valence-electron chi connectivity index (χ0n) is 10.9. The predicted octanol–water partition coefficient (Wildman–Crippen LogP) is 4.16. The molecule has 104 valence electrons. The zero-order valence-corrected chi connectivity index (χ0v) is 11.7. The molecular weight excluding hydrogens is 267 g/mol. The summed E-state index contributed by atoms with van der Waals surface area (Å²) >= 11 is 6.02. The van der Waals surface area contributed by atoms with Crippen molar-refractivity contribution in [3.8, 4) is 0 Å². The summed E-state index contributed by atoms with van der Waals surface area (Å²) in [5.41, 5.74) is 0.841. The highest BCUT2D eigenvalue weighted by molar-refractivity contribution is 6.31. The van der Waals surface area contributed by atoms with Gasteiger partial charge < -0.3 is 5.11 Å². The topological polar surface area (TPSA) is 37.3 Å². The highest BCUT2D eigenvalue weighted by Gasteiger charge is 2.33. The summed E-state index contributed by atoms with van der Waals surface area (Å²) in [5.74, 6) is -0.767. The van der Waals surface area contributed by atoms with E-state index in [2.05, 4.69) is 6.92 Å². The molecule has 1 fully saturated rings. The van der Waals surface area contributed by atoms with E-state index >= 15 is 0 Å². The van der Waals surface area contributed by atoms with Crippen LogP contribution in [-0.4, -0.2) is 11.1 Å². The Hall–Kier alpha value is -1.09. The molecule has 2 rings (SSSR count). The van der Waals surface area contributed by atoms with Crippen LogP contribution in [0.1, 0.15) is 31.7 Å². The van der Waals surface area contributed by atoms with Crippen molar-refractivity contribution in [2.24, 2.45) is 17.8 Å². The van der Waals surface area contributed by atoms with E-state index in [9.17, 15) is 14.3 Å². The van der Waals surface area contributed by atoms with Gasteiger partial charge in [0.2, 0.25) is 0 Å². The second-order valence-corrected chi connectivity index (χ2v) is 5.97. The summed E-state index contributed by atoms with van der Waals surface area (Å²) in [5, 5.41) is 9.68. The van der Waals surface area contributed by atoms with Crippen molar-refractivity contribution in [1.29, 1.82) is 0 Å². The minimum atomic E-state index is -0.727. The summed E-state index contributed by atoms with van der Waals surface area (Å²) < 4.78 is 13.0. The standard InChI is InChI=1S/C15H18ClFO2/c1-9-2-5-13(15(18)19)11(6-9)7-10-3-4-12(17)8-14(10)16/h3-4,8-9,11,13H,2,5-7H2,1H3,(H,18,19). The summed E-state index contributed by atoms with van der Waals surface area (Å²) in [6, 6.07) is 4.33. The van der Waals surface area contributed by atoms with Gasteiger partial charge in [0.1, 0.15) is 5.82 Å². The first-order valence-corrected chi connectivity index (χ1v) is 7.02. The Balaban J connectivity index is 2.16. The molecule has 1 saturated carbocycles. The van der Waals surface area contributed by atoms with Crippen LogP contribution in [0.25, 0.3) is 0 Å². The quantitative estimate of drug-likeness (QED) is 0.905. The smallest absolute Gasteiger partial charge is 0.306 e. The van der Waals surface area contributed by atoms with E-state index in [1.165, 1.54) is 12.1 Å². The van der Waals surface area contributed by atoms with Crippen molar-refractivity contribution >= 4 is 17.6 Å². The van der Waals surface area contributed by atoms with Crippen LogP contribution in [-0.2, 0) is 11.2 Å². The van der Waals surface area contributed by atoms with Gasteiger partial charge >= 0.3 is 5.97 Å². The Morgan fingerprint density at radius 3 is 2.84 bits per heavy atom. The number of aliphatic carboxylic acids is 1. The molecule has 1 aliphatic carbocycles. The number of carbonyl (C=O) groups is 1. The molecule has 19 heavy (non-hydrogen) atoms. The fourth-order valence-corrected chi connectivity index (χ4v) is 3.26. The average Bonchev–Trinajstić information content (AvgIpc) is 2.32. The summed E-state index contributed by atoms with van der Waals surface area (Å²) in [4.78, 5) is 11.3.